The Morgan fingerprint density at radius 3 is 2.30 bits per heavy atom. The molecule has 1 aromatic rings. The molecule has 0 spiro atoms. The lowest BCUT2D eigenvalue weighted by atomic mass is 10.1. The summed E-state index contributed by atoms with van der Waals surface area (Å²) >= 11 is 5.66. The Kier molecular flexibility index (Phi) is 5.39. The monoisotopic (exact) mass is 299 g/mol. The predicted molar refractivity (Wildman–Crippen MR) is 77.3 cm³/mol. The average molecular weight is 300 g/mol. The molecule has 1 amide bonds. The number of carboxylic acid groups (broad SMARTS) is 1. The summed E-state index contributed by atoms with van der Waals surface area (Å²) in [6, 6.07) is 6.77. The highest BCUT2D eigenvalue weighted by molar-refractivity contribution is 6.29. The van der Waals surface area contributed by atoms with Crippen LogP contribution in [-0.2, 0) is 16.0 Å². The van der Waals surface area contributed by atoms with Crippen LogP contribution in [0.15, 0.2) is 24.3 Å². The topological polar surface area (TPSA) is 75.6 Å². The van der Waals surface area contributed by atoms with Gasteiger partial charge in [0.2, 0.25) is 0 Å². The van der Waals surface area contributed by atoms with Crippen LogP contribution in [0.5, 0.6) is 0 Å². The van der Waals surface area contributed by atoms with Gasteiger partial charge in [0.1, 0.15) is 11.0 Å². The lowest BCUT2D eigenvalue weighted by Gasteiger charge is -2.19. The average Bonchev–Trinajstić information content (AvgIpc) is 2.28. The highest BCUT2D eigenvalue weighted by Crippen LogP contribution is 2.15. The van der Waals surface area contributed by atoms with E-state index in [-0.39, 0.29) is 6.42 Å². The zero-order chi connectivity index (χ0) is 15.3. The number of hydrogen-bond acceptors (Lipinski definition) is 3. The van der Waals surface area contributed by atoms with Crippen LogP contribution in [0.2, 0.25) is 0 Å². The van der Waals surface area contributed by atoms with E-state index < -0.39 is 23.0 Å². The van der Waals surface area contributed by atoms with E-state index in [0.717, 1.165) is 5.56 Å². The zero-order valence-corrected chi connectivity index (χ0v) is 12.4. The minimum absolute atomic E-state index is 0.226. The van der Waals surface area contributed by atoms with Gasteiger partial charge >= 0.3 is 12.1 Å². The van der Waals surface area contributed by atoms with Gasteiger partial charge in [-0.15, -0.1) is 11.6 Å². The number of rotatable bonds is 4. The summed E-state index contributed by atoms with van der Waals surface area (Å²) in [5.74, 6) is -1.05. The molecular formula is C14H18ClNO4. The summed E-state index contributed by atoms with van der Waals surface area (Å²) in [6.45, 7) is 5.34. The molecule has 1 atom stereocenters. The predicted octanol–water partition coefficient (Wildman–Crippen LogP) is 3.27. The van der Waals surface area contributed by atoms with E-state index in [1.54, 1.807) is 45.0 Å². The third kappa shape index (κ3) is 5.93. The van der Waals surface area contributed by atoms with Crippen molar-refractivity contribution in [1.82, 2.24) is 0 Å². The van der Waals surface area contributed by atoms with Crippen molar-refractivity contribution in [2.75, 3.05) is 5.32 Å². The van der Waals surface area contributed by atoms with Gasteiger partial charge in [-0.3, -0.25) is 10.1 Å². The highest BCUT2D eigenvalue weighted by Gasteiger charge is 2.16. The van der Waals surface area contributed by atoms with Crippen molar-refractivity contribution >= 4 is 29.4 Å². The van der Waals surface area contributed by atoms with Crippen molar-refractivity contribution in [3.63, 3.8) is 0 Å². The van der Waals surface area contributed by atoms with Crippen LogP contribution < -0.4 is 5.32 Å². The van der Waals surface area contributed by atoms with Crippen LogP contribution >= 0.6 is 11.6 Å². The molecule has 2 N–H and O–H groups in total. The molecule has 0 bridgehead atoms. The smallest absolute Gasteiger partial charge is 0.412 e. The van der Waals surface area contributed by atoms with Crippen molar-refractivity contribution < 1.29 is 19.4 Å². The molecule has 0 aromatic heterocycles. The second-order valence-corrected chi connectivity index (χ2v) is 5.86. The zero-order valence-electron chi connectivity index (χ0n) is 11.6. The number of halogens is 1. The van der Waals surface area contributed by atoms with Crippen LogP contribution in [0.25, 0.3) is 0 Å². The number of alkyl halides is 1. The molecule has 1 unspecified atom stereocenters. The van der Waals surface area contributed by atoms with E-state index in [9.17, 15) is 9.59 Å². The Balaban J connectivity index is 2.59. The van der Waals surface area contributed by atoms with E-state index in [4.69, 9.17) is 21.4 Å². The Bertz CT molecular complexity index is 479. The normalized spacial score (nSPS) is 12.6. The lowest BCUT2D eigenvalue weighted by Crippen LogP contribution is -2.27. The van der Waals surface area contributed by atoms with Crippen LogP contribution in [-0.4, -0.2) is 28.1 Å². The summed E-state index contributed by atoms with van der Waals surface area (Å²) < 4.78 is 5.12. The van der Waals surface area contributed by atoms with Crippen molar-refractivity contribution in [1.29, 1.82) is 0 Å². The van der Waals surface area contributed by atoms with Gasteiger partial charge in [0.05, 0.1) is 0 Å². The van der Waals surface area contributed by atoms with Gasteiger partial charge in [-0.2, -0.15) is 0 Å². The molecule has 1 aromatic carbocycles. The molecule has 6 heteroatoms. The molecule has 0 aliphatic heterocycles. The number of carbonyl (C=O) groups excluding carboxylic acids is 1. The van der Waals surface area contributed by atoms with Gasteiger partial charge in [0.25, 0.3) is 0 Å². The largest absolute Gasteiger partial charge is 0.480 e. The van der Waals surface area contributed by atoms with Crippen LogP contribution in [0.4, 0.5) is 10.5 Å². The van der Waals surface area contributed by atoms with Gasteiger partial charge in [-0.05, 0) is 44.9 Å². The molecule has 0 aliphatic carbocycles. The standard InChI is InChI=1S/C14H18ClNO4/c1-14(2,3)20-13(19)16-10-6-4-9(5-7-10)8-11(15)12(17)18/h4-7,11H,8H2,1-3H3,(H,16,19)(H,17,18). The molecular weight excluding hydrogens is 282 g/mol. The Morgan fingerprint density at radius 2 is 1.85 bits per heavy atom. The van der Waals surface area contributed by atoms with E-state index >= 15 is 0 Å². The second kappa shape index (κ2) is 6.61. The number of carbonyl (C=O) groups is 2. The molecule has 5 nitrogen and oxygen atoms in total. The first-order chi connectivity index (χ1) is 9.17. The molecule has 0 saturated carbocycles. The van der Waals surface area contributed by atoms with Gasteiger partial charge < -0.3 is 9.84 Å². The summed E-state index contributed by atoms with van der Waals surface area (Å²) in [7, 11) is 0. The molecule has 20 heavy (non-hydrogen) atoms. The SMILES string of the molecule is CC(C)(C)OC(=O)Nc1ccc(CC(Cl)C(=O)O)cc1. The summed E-state index contributed by atoms with van der Waals surface area (Å²) in [5.41, 5.74) is 0.795. The number of hydrogen-bond donors (Lipinski definition) is 2. The van der Waals surface area contributed by atoms with E-state index in [1.165, 1.54) is 0 Å². The maximum Gasteiger partial charge on any atom is 0.412 e. The fourth-order valence-corrected chi connectivity index (χ4v) is 1.62. The van der Waals surface area contributed by atoms with E-state index in [1.807, 2.05) is 0 Å². The molecule has 110 valence electrons. The highest BCUT2D eigenvalue weighted by atomic mass is 35.5. The van der Waals surface area contributed by atoms with Crippen LogP contribution in [0.1, 0.15) is 26.3 Å². The quantitative estimate of drug-likeness (QED) is 0.837. The van der Waals surface area contributed by atoms with Gasteiger partial charge in [-0.1, -0.05) is 12.1 Å². The number of anilines is 1. The Hall–Kier alpha value is -1.75. The number of aliphatic carboxylic acids is 1. The van der Waals surface area contributed by atoms with Gasteiger partial charge in [0, 0.05) is 5.69 Å². The second-order valence-electron chi connectivity index (χ2n) is 5.33. The minimum Gasteiger partial charge on any atom is -0.480 e. The molecule has 0 aliphatic rings. The van der Waals surface area contributed by atoms with Crippen molar-refractivity contribution in [3.8, 4) is 0 Å². The molecule has 1 rings (SSSR count). The first kappa shape index (κ1) is 16.3. The third-order valence-electron chi connectivity index (χ3n) is 2.28. The van der Waals surface area contributed by atoms with Crippen molar-refractivity contribution in [2.24, 2.45) is 0 Å². The number of benzene rings is 1. The van der Waals surface area contributed by atoms with E-state index in [0.29, 0.717) is 5.69 Å². The third-order valence-corrected chi connectivity index (χ3v) is 2.62. The number of amides is 1. The Morgan fingerprint density at radius 1 is 1.30 bits per heavy atom. The van der Waals surface area contributed by atoms with E-state index in [2.05, 4.69) is 5.32 Å². The van der Waals surface area contributed by atoms with Crippen molar-refractivity contribution in [3.05, 3.63) is 29.8 Å². The fourth-order valence-electron chi connectivity index (χ4n) is 1.44. The summed E-state index contributed by atoms with van der Waals surface area (Å²) in [6.07, 6.45) is -0.310. The van der Waals surface area contributed by atoms with Crippen molar-refractivity contribution in [2.45, 2.75) is 38.2 Å². The molecule has 0 radical (unpaired) electrons. The maximum atomic E-state index is 11.5. The Labute approximate surface area is 122 Å². The first-order valence-corrected chi connectivity index (χ1v) is 6.57. The van der Waals surface area contributed by atoms with Crippen LogP contribution in [0, 0.1) is 0 Å². The first-order valence-electron chi connectivity index (χ1n) is 6.13. The lowest BCUT2D eigenvalue weighted by molar-refractivity contribution is -0.136. The molecule has 0 fully saturated rings. The fraction of sp³-hybridized carbons (Fsp3) is 0.429. The van der Waals surface area contributed by atoms with Crippen LogP contribution in [0.3, 0.4) is 0 Å². The minimum atomic E-state index is -1.05. The van der Waals surface area contributed by atoms with Gasteiger partial charge in [0.15, 0.2) is 0 Å². The summed E-state index contributed by atoms with van der Waals surface area (Å²) in [4.78, 5) is 22.2. The maximum absolute atomic E-state index is 11.5. The molecule has 0 heterocycles. The van der Waals surface area contributed by atoms with Gasteiger partial charge in [-0.25, -0.2) is 4.79 Å². The summed E-state index contributed by atoms with van der Waals surface area (Å²) in [5, 5.41) is 10.4. The number of carboxylic acids is 1. The molecule has 0 saturated heterocycles. The number of ether oxygens (including phenoxy) is 1. The number of nitrogens with one attached hydrogen (secondary N) is 1.